The average Bonchev–Trinajstić information content (AvgIpc) is 2.46. The fourth-order valence-corrected chi connectivity index (χ4v) is 2.27. The van der Waals surface area contributed by atoms with E-state index in [9.17, 15) is 0 Å². The molecule has 1 fully saturated rings. The molecule has 0 bridgehead atoms. The molecule has 1 saturated heterocycles. The number of rotatable bonds is 5. The normalized spacial score (nSPS) is 14.9. The highest BCUT2D eigenvalue weighted by molar-refractivity contribution is 5.55. The first-order valence-corrected chi connectivity index (χ1v) is 6.87. The Hall–Kier alpha value is -2.14. The van der Waals surface area contributed by atoms with Crippen molar-refractivity contribution in [2.24, 2.45) is 0 Å². The van der Waals surface area contributed by atoms with Gasteiger partial charge in [-0.05, 0) is 25.2 Å². The molecule has 0 aliphatic carbocycles. The minimum atomic E-state index is 0.605. The summed E-state index contributed by atoms with van der Waals surface area (Å²) in [6.45, 7) is 2.80. The maximum Gasteiger partial charge on any atom is 0.128 e. The molecule has 5 nitrogen and oxygen atoms in total. The fraction of sp³-hybridized carbons (Fsp3) is 0.333. The highest BCUT2D eigenvalue weighted by Gasteiger charge is 2.25. The van der Waals surface area contributed by atoms with E-state index in [1.165, 1.54) is 5.69 Å². The molecule has 3 rings (SSSR count). The van der Waals surface area contributed by atoms with Gasteiger partial charge in [0.15, 0.2) is 0 Å². The number of pyridine rings is 2. The molecule has 1 aliphatic heterocycles. The van der Waals surface area contributed by atoms with Crippen molar-refractivity contribution in [3.05, 3.63) is 48.4 Å². The maximum atomic E-state index is 4.35. The summed E-state index contributed by atoms with van der Waals surface area (Å²) in [5.74, 6) is 0.890. The molecule has 0 radical (unpaired) electrons. The van der Waals surface area contributed by atoms with E-state index in [4.69, 9.17) is 0 Å². The molecule has 0 amide bonds. The van der Waals surface area contributed by atoms with Gasteiger partial charge in [0, 0.05) is 43.3 Å². The van der Waals surface area contributed by atoms with E-state index in [0.717, 1.165) is 24.6 Å². The van der Waals surface area contributed by atoms with Gasteiger partial charge in [0.2, 0.25) is 0 Å². The molecule has 2 aromatic rings. The van der Waals surface area contributed by atoms with Crippen molar-refractivity contribution >= 4 is 11.5 Å². The summed E-state index contributed by atoms with van der Waals surface area (Å²) in [5.41, 5.74) is 2.23. The third-order valence-electron chi connectivity index (χ3n) is 3.58. The lowest BCUT2D eigenvalue weighted by molar-refractivity contribution is 0.450. The third kappa shape index (κ3) is 2.88. The third-order valence-corrected chi connectivity index (χ3v) is 3.58. The maximum absolute atomic E-state index is 4.35. The van der Waals surface area contributed by atoms with Crippen molar-refractivity contribution in [2.75, 3.05) is 30.4 Å². The Morgan fingerprint density at radius 1 is 1.20 bits per heavy atom. The molecule has 0 aromatic carbocycles. The lowest BCUT2D eigenvalue weighted by atomic mass is 10.1. The van der Waals surface area contributed by atoms with Gasteiger partial charge < -0.3 is 15.5 Å². The molecule has 3 heterocycles. The van der Waals surface area contributed by atoms with Crippen LogP contribution in [0.15, 0.2) is 42.7 Å². The first-order valence-electron chi connectivity index (χ1n) is 6.87. The van der Waals surface area contributed by atoms with Gasteiger partial charge in [-0.3, -0.25) is 4.98 Å². The molecular weight excluding hydrogens is 250 g/mol. The summed E-state index contributed by atoms with van der Waals surface area (Å²) in [6, 6.07) is 10.7. The van der Waals surface area contributed by atoms with Crippen LogP contribution in [0.4, 0.5) is 11.5 Å². The number of hydrogen-bond acceptors (Lipinski definition) is 5. The van der Waals surface area contributed by atoms with Crippen molar-refractivity contribution in [3.63, 3.8) is 0 Å². The summed E-state index contributed by atoms with van der Waals surface area (Å²) in [7, 11) is 2.01. The Kier molecular flexibility index (Phi) is 3.78. The zero-order valence-corrected chi connectivity index (χ0v) is 11.6. The van der Waals surface area contributed by atoms with E-state index in [-0.39, 0.29) is 0 Å². The van der Waals surface area contributed by atoms with Crippen molar-refractivity contribution in [1.82, 2.24) is 15.3 Å². The van der Waals surface area contributed by atoms with Crippen LogP contribution in [0, 0.1) is 0 Å². The second-order valence-corrected chi connectivity index (χ2v) is 4.96. The first-order chi connectivity index (χ1) is 9.85. The topological polar surface area (TPSA) is 53.1 Å². The molecule has 104 valence electrons. The minimum Gasteiger partial charge on any atom is -0.368 e. The minimum absolute atomic E-state index is 0.605. The van der Waals surface area contributed by atoms with Crippen LogP contribution < -0.4 is 15.5 Å². The van der Waals surface area contributed by atoms with Gasteiger partial charge in [-0.15, -0.1) is 0 Å². The van der Waals surface area contributed by atoms with Gasteiger partial charge in [-0.2, -0.15) is 0 Å². The van der Waals surface area contributed by atoms with E-state index < -0.39 is 0 Å². The van der Waals surface area contributed by atoms with Crippen LogP contribution in [-0.2, 0) is 6.54 Å². The van der Waals surface area contributed by atoms with E-state index in [1.807, 2.05) is 31.4 Å². The summed E-state index contributed by atoms with van der Waals surface area (Å²) in [6.07, 6.45) is 3.65. The van der Waals surface area contributed by atoms with Gasteiger partial charge in [0.05, 0.1) is 12.2 Å². The quantitative estimate of drug-likeness (QED) is 0.861. The van der Waals surface area contributed by atoms with Crippen molar-refractivity contribution in [1.29, 1.82) is 0 Å². The van der Waals surface area contributed by atoms with Crippen LogP contribution in [0.25, 0.3) is 0 Å². The highest BCUT2D eigenvalue weighted by atomic mass is 15.2. The Balaban J connectivity index is 1.60. The second kappa shape index (κ2) is 5.88. The number of likely N-dealkylation sites (N-methyl/N-ethyl adjacent to an activating group) is 1. The molecule has 5 heteroatoms. The summed E-state index contributed by atoms with van der Waals surface area (Å²) < 4.78 is 0. The van der Waals surface area contributed by atoms with Crippen LogP contribution in [0.3, 0.4) is 0 Å². The van der Waals surface area contributed by atoms with E-state index in [1.54, 1.807) is 6.20 Å². The van der Waals surface area contributed by atoms with E-state index >= 15 is 0 Å². The van der Waals surface area contributed by atoms with Crippen molar-refractivity contribution in [2.45, 2.75) is 12.6 Å². The van der Waals surface area contributed by atoms with Gasteiger partial charge in [-0.25, -0.2) is 4.98 Å². The summed E-state index contributed by atoms with van der Waals surface area (Å²) >= 11 is 0. The molecule has 1 aliphatic rings. The zero-order valence-electron chi connectivity index (χ0n) is 11.6. The highest BCUT2D eigenvalue weighted by Crippen LogP contribution is 2.22. The molecule has 2 aromatic heterocycles. The fourth-order valence-electron chi connectivity index (χ4n) is 2.27. The summed E-state index contributed by atoms with van der Waals surface area (Å²) in [4.78, 5) is 11.0. The van der Waals surface area contributed by atoms with Crippen LogP contribution in [0.5, 0.6) is 0 Å². The van der Waals surface area contributed by atoms with Gasteiger partial charge in [0.25, 0.3) is 0 Å². The van der Waals surface area contributed by atoms with Crippen molar-refractivity contribution < 1.29 is 0 Å². The molecule has 20 heavy (non-hydrogen) atoms. The van der Waals surface area contributed by atoms with Crippen LogP contribution in [0.1, 0.15) is 5.69 Å². The SMILES string of the molecule is CNC1CN(c2ccnc(NCc3ccccn3)c2)C1. The molecule has 0 spiro atoms. The molecule has 2 N–H and O–H groups in total. The van der Waals surface area contributed by atoms with Gasteiger partial charge in [0.1, 0.15) is 5.82 Å². The van der Waals surface area contributed by atoms with Crippen LogP contribution in [0.2, 0.25) is 0 Å². The predicted octanol–water partition coefficient (Wildman–Crippen LogP) is 1.50. The van der Waals surface area contributed by atoms with E-state index in [2.05, 4.69) is 37.6 Å². The van der Waals surface area contributed by atoms with Crippen molar-refractivity contribution in [3.8, 4) is 0 Å². The number of hydrogen-bond donors (Lipinski definition) is 2. The lowest BCUT2D eigenvalue weighted by Crippen LogP contribution is -2.57. The Labute approximate surface area is 119 Å². The first kappa shape index (κ1) is 12.9. The van der Waals surface area contributed by atoms with Crippen LogP contribution in [-0.4, -0.2) is 36.1 Å². The smallest absolute Gasteiger partial charge is 0.128 e. The molecule has 0 unspecified atom stereocenters. The molecule has 0 saturated carbocycles. The molecular formula is C15H19N5. The number of aromatic nitrogens is 2. The Morgan fingerprint density at radius 2 is 2.10 bits per heavy atom. The zero-order chi connectivity index (χ0) is 13.8. The number of anilines is 2. The largest absolute Gasteiger partial charge is 0.368 e. The summed E-state index contributed by atoms with van der Waals surface area (Å²) in [5, 5.41) is 6.59. The second-order valence-electron chi connectivity index (χ2n) is 4.96. The number of nitrogens with zero attached hydrogens (tertiary/aromatic N) is 3. The number of nitrogens with one attached hydrogen (secondary N) is 2. The van der Waals surface area contributed by atoms with Gasteiger partial charge in [-0.1, -0.05) is 6.07 Å². The average molecular weight is 269 g/mol. The van der Waals surface area contributed by atoms with E-state index in [0.29, 0.717) is 12.6 Å². The standard InChI is InChI=1S/C15H19N5/c1-16-13-10-20(11-13)14-5-7-18-15(8-14)19-9-12-4-2-3-6-17-12/h2-8,13,16H,9-11H2,1H3,(H,18,19). The molecule has 0 atom stereocenters. The predicted molar refractivity (Wildman–Crippen MR) is 80.9 cm³/mol. The lowest BCUT2D eigenvalue weighted by Gasteiger charge is -2.40. The monoisotopic (exact) mass is 269 g/mol. The Bertz CT molecular complexity index is 551. The van der Waals surface area contributed by atoms with Gasteiger partial charge >= 0.3 is 0 Å². The van der Waals surface area contributed by atoms with Crippen LogP contribution >= 0.6 is 0 Å². The Morgan fingerprint density at radius 3 is 2.85 bits per heavy atom.